The van der Waals surface area contributed by atoms with E-state index in [0.717, 1.165) is 12.5 Å². The van der Waals surface area contributed by atoms with Crippen LogP contribution in [0.15, 0.2) is 30.3 Å². The Hall–Kier alpha value is -0.860. The molecule has 2 atom stereocenters. The van der Waals surface area contributed by atoms with Crippen LogP contribution in [0.3, 0.4) is 0 Å². The topological polar surface area (TPSA) is 24.1 Å². The van der Waals surface area contributed by atoms with Gasteiger partial charge in [-0.25, -0.2) is 0 Å². The van der Waals surface area contributed by atoms with Crippen molar-refractivity contribution >= 4 is 0 Å². The van der Waals surface area contributed by atoms with Crippen molar-refractivity contribution < 1.29 is 0 Å². The summed E-state index contributed by atoms with van der Waals surface area (Å²) in [5.74, 6) is 0.756. The second-order valence-corrected chi connectivity index (χ2v) is 7.44. The van der Waals surface area contributed by atoms with Crippen LogP contribution in [-0.2, 0) is 6.54 Å². The van der Waals surface area contributed by atoms with Crippen molar-refractivity contribution in [1.29, 1.82) is 0 Å². The van der Waals surface area contributed by atoms with Gasteiger partial charge in [-0.05, 0) is 44.6 Å². The molecule has 1 aliphatic carbocycles. The van der Waals surface area contributed by atoms with Gasteiger partial charge in [-0.3, -0.25) is 0 Å². The minimum absolute atomic E-state index is 0.202. The minimum atomic E-state index is 0.202. The summed E-state index contributed by atoms with van der Waals surface area (Å²) in [6, 6.07) is 12.0. The summed E-state index contributed by atoms with van der Waals surface area (Å²) in [6.45, 7) is 10.2. The van der Waals surface area contributed by atoms with Crippen LogP contribution in [0, 0.1) is 5.92 Å². The molecule has 1 fully saturated rings. The smallest absolute Gasteiger partial charge is 0.0210 e. The average molecular weight is 288 g/mol. The molecule has 0 spiro atoms. The lowest BCUT2D eigenvalue weighted by Gasteiger charge is -2.41. The summed E-state index contributed by atoms with van der Waals surface area (Å²) in [7, 11) is 0. The van der Waals surface area contributed by atoms with E-state index in [4.69, 9.17) is 0 Å². The number of nitrogens with one attached hydrogen (secondary N) is 2. The zero-order valence-electron chi connectivity index (χ0n) is 14.2. The molecule has 2 unspecified atom stereocenters. The maximum absolute atomic E-state index is 3.79. The average Bonchev–Trinajstić information content (AvgIpc) is 2.46. The molecule has 2 rings (SSSR count). The van der Waals surface area contributed by atoms with E-state index in [1.54, 1.807) is 0 Å². The quantitative estimate of drug-likeness (QED) is 0.823. The van der Waals surface area contributed by atoms with Crippen molar-refractivity contribution in [1.82, 2.24) is 10.6 Å². The number of rotatable bonds is 6. The standard InChI is InChI=1S/C19H32N2/c1-15(2)21-18-12-8-11-17(13-18)19(3,4)20-14-16-9-6-5-7-10-16/h5-7,9-10,15,17-18,20-21H,8,11-14H2,1-4H3. The molecule has 2 N–H and O–H groups in total. The van der Waals surface area contributed by atoms with E-state index in [1.807, 2.05) is 0 Å². The fourth-order valence-corrected chi connectivity index (χ4v) is 3.54. The Labute approximate surface area is 130 Å². The first-order valence-electron chi connectivity index (χ1n) is 8.52. The van der Waals surface area contributed by atoms with Crippen molar-refractivity contribution in [3.05, 3.63) is 35.9 Å². The highest BCUT2D eigenvalue weighted by Crippen LogP contribution is 2.33. The first-order chi connectivity index (χ1) is 9.97. The molecule has 1 aromatic carbocycles. The molecule has 0 aromatic heterocycles. The van der Waals surface area contributed by atoms with Crippen LogP contribution < -0.4 is 10.6 Å². The van der Waals surface area contributed by atoms with E-state index >= 15 is 0 Å². The Balaban J connectivity index is 1.88. The SMILES string of the molecule is CC(C)NC1CCCC(C(C)(C)NCc2ccccc2)C1. The highest BCUT2D eigenvalue weighted by molar-refractivity contribution is 5.14. The van der Waals surface area contributed by atoms with E-state index < -0.39 is 0 Å². The van der Waals surface area contributed by atoms with Gasteiger partial charge in [-0.15, -0.1) is 0 Å². The Morgan fingerprint density at radius 3 is 2.52 bits per heavy atom. The number of benzene rings is 1. The molecule has 1 aliphatic rings. The monoisotopic (exact) mass is 288 g/mol. The summed E-state index contributed by atoms with van der Waals surface area (Å²) < 4.78 is 0. The summed E-state index contributed by atoms with van der Waals surface area (Å²) in [5.41, 5.74) is 1.57. The minimum Gasteiger partial charge on any atom is -0.312 e. The van der Waals surface area contributed by atoms with Crippen molar-refractivity contribution in [2.24, 2.45) is 5.92 Å². The van der Waals surface area contributed by atoms with E-state index in [2.05, 4.69) is 68.7 Å². The first-order valence-corrected chi connectivity index (χ1v) is 8.52. The third-order valence-corrected chi connectivity index (χ3v) is 4.85. The maximum atomic E-state index is 3.79. The summed E-state index contributed by atoms with van der Waals surface area (Å²) in [4.78, 5) is 0. The summed E-state index contributed by atoms with van der Waals surface area (Å²) >= 11 is 0. The van der Waals surface area contributed by atoms with Gasteiger partial charge in [0.05, 0.1) is 0 Å². The third kappa shape index (κ3) is 5.12. The maximum Gasteiger partial charge on any atom is 0.0210 e. The second-order valence-electron chi connectivity index (χ2n) is 7.44. The molecular formula is C19H32N2. The van der Waals surface area contributed by atoms with Crippen molar-refractivity contribution in [3.63, 3.8) is 0 Å². The van der Waals surface area contributed by atoms with Gasteiger partial charge in [0, 0.05) is 24.2 Å². The molecule has 118 valence electrons. The summed E-state index contributed by atoms with van der Waals surface area (Å²) in [5, 5.41) is 7.52. The molecule has 0 amide bonds. The largest absolute Gasteiger partial charge is 0.312 e. The fourth-order valence-electron chi connectivity index (χ4n) is 3.54. The van der Waals surface area contributed by atoms with Crippen LogP contribution >= 0.6 is 0 Å². The first kappa shape index (κ1) is 16.5. The molecule has 2 heteroatoms. The van der Waals surface area contributed by atoms with Crippen LogP contribution in [0.2, 0.25) is 0 Å². The lowest BCUT2D eigenvalue weighted by atomic mass is 9.74. The van der Waals surface area contributed by atoms with E-state index in [-0.39, 0.29) is 5.54 Å². The molecule has 1 saturated carbocycles. The van der Waals surface area contributed by atoms with E-state index in [1.165, 1.54) is 31.2 Å². The van der Waals surface area contributed by atoms with Crippen LogP contribution in [0.5, 0.6) is 0 Å². The Morgan fingerprint density at radius 2 is 1.86 bits per heavy atom. The number of hydrogen-bond donors (Lipinski definition) is 2. The molecule has 0 aliphatic heterocycles. The van der Waals surface area contributed by atoms with Gasteiger partial charge < -0.3 is 10.6 Å². The molecular weight excluding hydrogens is 256 g/mol. The van der Waals surface area contributed by atoms with Crippen LogP contribution in [0.4, 0.5) is 0 Å². The van der Waals surface area contributed by atoms with Crippen LogP contribution in [0.1, 0.15) is 58.9 Å². The molecule has 0 bridgehead atoms. The highest BCUT2D eigenvalue weighted by Gasteiger charge is 2.33. The van der Waals surface area contributed by atoms with Crippen LogP contribution in [0.25, 0.3) is 0 Å². The number of hydrogen-bond acceptors (Lipinski definition) is 2. The van der Waals surface area contributed by atoms with Crippen molar-refractivity contribution in [2.75, 3.05) is 0 Å². The molecule has 2 nitrogen and oxygen atoms in total. The lowest BCUT2D eigenvalue weighted by Crippen LogP contribution is -2.50. The fraction of sp³-hybridized carbons (Fsp3) is 0.684. The van der Waals surface area contributed by atoms with Gasteiger partial charge in [-0.2, -0.15) is 0 Å². The zero-order valence-corrected chi connectivity index (χ0v) is 14.2. The van der Waals surface area contributed by atoms with Crippen molar-refractivity contribution in [3.8, 4) is 0 Å². The van der Waals surface area contributed by atoms with Gasteiger partial charge in [0.25, 0.3) is 0 Å². The molecule has 0 heterocycles. The predicted octanol–water partition coefficient (Wildman–Crippen LogP) is 4.11. The molecule has 0 radical (unpaired) electrons. The lowest BCUT2D eigenvalue weighted by molar-refractivity contribution is 0.164. The third-order valence-electron chi connectivity index (χ3n) is 4.85. The van der Waals surface area contributed by atoms with Gasteiger partial charge >= 0.3 is 0 Å². The van der Waals surface area contributed by atoms with Gasteiger partial charge in [0.15, 0.2) is 0 Å². The molecule has 0 saturated heterocycles. The van der Waals surface area contributed by atoms with Gasteiger partial charge in [-0.1, -0.05) is 50.6 Å². The summed E-state index contributed by atoms with van der Waals surface area (Å²) in [6.07, 6.45) is 5.34. The predicted molar refractivity (Wildman–Crippen MR) is 91.4 cm³/mol. The van der Waals surface area contributed by atoms with Crippen LogP contribution in [-0.4, -0.2) is 17.6 Å². The zero-order chi connectivity index (χ0) is 15.3. The Morgan fingerprint density at radius 1 is 1.14 bits per heavy atom. The molecule has 21 heavy (non-hydrogen) atoms. The van der Waals surface area contributed by atoms with Gasteiger partial charge in [0.1, 0.15) is 0 Å². The molecule has 1 aromatic rings. The second kappa shape index (κ2) is 7.42. The van der Waals surface area contributed by atoms with Crippen molar-refractivity contribution in [2.45, 2.75) is 77.5 Å². The normalized spacial score (nSPS) is 23.5. The Kier molecular flexibility index (Phi) is 5.83. The Bertz CT molecular complexity index is 411. The highest BCUT2D eigenvalue weighted by atomic mass is 15.0. The van der Waals surface area contributed by atoms with E-state index in [0.29, 0.717) is 12.1 Å². The van der Waals surface area contributed by atoms with E-state index in [9.17, 15) is 0 Å². The van der Waals surface area contributed by atoms with Gasteiger partial charge in [0.2, 0.25) is 0 Å².